The Morgan fingerprint density at radius 1 is 0.222 bits per heavy atom. The normalized spacial score (nSPS) is 12.4. The van der Waals surface area contributed by atoms with Crippen LogP contribution < -0.4 is 5.32 Å². The molecule has 0 unspecified atom stereocenters. The third-order valence-corrected chi connectivity index (χ3v) is 11.1. The fraction of sp³-hybridized carbons (Fsp3) is 1.00. The minimum absolute atomic E-state index is 0.363. The maximum absolute atomic E-state index is 4.81. The Morgan fingerprint density at radius 3 is 0.578 bits per heavy atom. The average molecular weight is 634 g/mol. The van der Waals surface area contributed by atoms with E-state index >= 15 is 0 Å². The number of hydrogen-bond acceptors (Lipinski definition) is 1. The van der Waals surface area contributed by atoms with Gasteiger partial charge in [0.2, 0.25) is 0 Å². The van der Waals surface area contributed by atoms with Crippen LogP contribution in [0.3, 0.4) is 0 Å². The molecule has 0 amide bonds. The summed E-state index contributed by atoms with van der Waals surface area (Å²) in [6.07, 6.45) is 51.2. The largest absolute Gasteiger partial charge is 0.306 e. The highest BCUT2D eigenvalue weighted by molar-refractivity contribution is 4.99. The molecule has 1 N–H and O–H groups in total. The van der Waals surface area contributed by atoms with Crippen molar-refractivity contribution in [2.75, 3.05) is 0 Å². The summed E-state index contributed by atoms with van der Waals surface area (Å²) in [7, 11) is 0. The molecule has 0 heterocycles. The average Bonchev–Trinajstić information content (AvgIpc) is 3.05. The van der Waals surface area contributed by atoms with Crippen molar-refractivity contribution in [2.24, 2.45) is 0 Å². The van der Waals surface area contributed by atoms with Crippen LogP contribution >= 0.6 is 0 Å². The van der Waals surface area contributed by atoms with E-state index in [2.05, 4.69) is 41.5 Å². The van der Waals surface area contributed by atoms with Crippen LogP contribution in [-0.4, -0.2) is 11.1 Å². The SMILES string of the molecule is CCCCCCCCCC(CCCCCC)(CCCCCC)NC(CCCCCC)(CCCCCC)CCCCCCCCC. The summed E-state index contributed by atoms with van der Waals surface area (Å²) in [5.74, 6) is 0. The van der Waals surface area contributed by atoms with Crippen molar-refractivity contribution >= 4 is 0 Å². The first-order valence-electron chi connectivity index (χ1n) is 21.9. The van der Waals surface area contributed by atoms with E-state index in [9.17, 15) is 0 Å². The van der Waals surface area contributed by atoms with Gasteiger partial charge in [0, 0.05) is 11.1 Å². The first-order chi connectivity index (χ1) is 22.1. The van der Waals surface area contributed by atoms with Crippen LogP contribution in [0.5, 0.6) is 0 Å². The molecule has 0 radical (unpaired) electrons. The molecule has 0 bridgehead atoms. The van der Waals surface area contributed by atoms with Gasteiger partial charge in [0.25, 0.3) is 0 Å². The van der Waals surface area contributed by atoms with E-state index in [-0.39, 0.29) is 0 Å². The van der Waals surface area contributed by atoms with Crippen molar-refractivity contribution in [3.05, 3.63) is 0 Å². The molecule has 0 saturated heterocycles. The van der Waals surface area contributed by atoms with Crippen LogP contribution in [0.2, 0.25) is 0 Å². The predicted octanol–water partition coefficient (Wildman–Crippen LogP) is 16.2. The molecular weight excluding hydrogens is 542 g/mol. The highest BCUT2D eigenvalue weighted by Gasteiger charge is 2.38. The van der Waals surface area contributed by atoms with E-state index in [0.717, 1.165) is 0 Å². The van der Waals surface area contributed by atoms with Gasteiger partial charge in [0.05, 0.1) is 0 Å². The molecule has 0 aromatic rings. The molecule has 0 rings (SSSR count). The molecule has 0 aromatic heterocycles. The van der Waals surface area contributed by atoms with Gasteiger partial charge in [-0.25, -0.2) is 0 Å². The highest BCUT2D eigenvalue weighted by atomic mass is 15.1. The summed E-state index contributed by atoms with van der Waals surface area (Å²) in [5.41, 5.74) is 0.725. The number of hydrogen-bond donors (Lipinski definition) is 1. The zero-order chi connectivity index (χ0) is 33.2. The van der Waals surface area contributed by atoms with Gasteiger partial charge in [-0.1, -0.05) is 234 Å². The Kier molecular flexibility index (Phi) is 33.8. The second kappa shape index (κ2) is 33.8. The highest BCUT2D eigenvalue weighted by Crippen LogP contribution is 2.37. The second-order valence-corrected chi connectivity index (χ2v) is 15.7. The molecule has 45 heavy (non-hydrogen) atoms. The van der Waals surface area contributed by atoms with Crippen LogP contribution in [-0.2, 0) is 0 Å². The van der Waals surface area contributed by atoms with Crippen LogP contribution in [0.15, 0.2) is 0 Å². The molecule has 0 aliphatic heterocycles. The standard InChI is InChI=1S/C44H91N/c1-7-13-19-25-27-29-35-41-43(37-31-21-15-9-3,38-32-22-16-10-4)45-44(39-33-23-17-11-5,40-34-24-18-12-6)42-36-30-28-26-20-14-8-2/h45H,7-42H2,1-6H3. The number of rotatable bonds is 38. The monoisotopic (exact) mass is 634 g/mol. The smallest absolute Gasteiger partial charge is 0.0186 e. The summed E-state index contributed by atoms with van der Waals surface area (Å²) in [4.78, 5) is 0. The van der Waals surface area contributed by atoms with Gasteiger partial charge in [-0.3, -0.25) is 0 Å². The van der Waals surface area contributed by atoms with Gasteiger partial charge in [-0.15, -0.1) is 0 Å². The quantitative estimate of drug-likeness (QED) is 0.0667. The van der Waals surface area contributed by atoms with Crippen molar-refractivity contribution in [2.45, 2.75) is 284 Å². The summed E-state index contributed by atoms with van der Waals surface area (Å²) in [6.45, 7) is 14.2. The molecule has 1 nitrogen and oxygen atoms in total. The van der Waals surface area contributed by atoms with Crippen LogP contribution in [0, 0.1) is 0 Å². The molecule has 0 saturated carbocycles. The maximum atomic E-state index is 4.81. The Hall–Kier alpha value is -0.0400. The summed E-state index contributed by atoms with van der Waals surface area (Å²) in [5, 5.41) is 4.81. The van der Waals surface area contributed by atoms with E-state index in [0.29, 0.717) is 11.1 Å². The van der Waals surface area contributed by atoms with Gasteiger partial charge in [-0.05, 0) is 38.5 Å². The van der Waals surface area contributed by atoms with Crippen molar-refractivity contribution in [3.63, 3.8) is 0 Å². The second-order valence-electron chi connectivity index (χ2n) is 15.7. The minimum Gasteiger partial charge on any atom is -0.306 e. The lowest BCUT2D eigenvalue weighted by Gasteiger charge is -2.47. The van der Waals surface area contributed by atoms with Crippen molar-refractivity contribution < 1.29 is 0 Å². The van der Waals surface area contributed by atoms with E-state index in [1.54, 1.807) is 0 Å². The van der Waals surface area contributed by atoms with E-state index < -0.39 is 0 Å². The van der Waals surface area contributed by atoms with E-state index in [1.165, 1.54) is 231 Å². The predicted molar refractivity (Wildman–Crippen MR) is 209 cm³/mol. The Morgan fingerprint density at radius 2 is 0.378 bits per heavy atom. The Bertz CT molecular complexity index is 481. The summed E-state index contributed by atoms with van der Waals surface area (Å²) < 4.78 is 0. The molecule has 0 aromatic carbocycles. The minimum atomic E-state index is 0.363. The molecule has 272 valence electrons. The van der Waals surface area contributed by atoms with Gasteiger partial charge in [0.1, 0.15) is 0 Å². The first kappa shape index (κ1) is 45.0. The topological polar surface area (TPSA) is 12.0 Å². The van der Waals surface area contributed by atoms with Gasteiger partial charge in [0.15, 0.2) is 0 Å². The fourth-order valence-electron chi connectivity index (χ4n) is 8.09. The fourth-order valence-corrected chi connectivity index (χ4v) is 8.09. The van der Waals surface area contributed by atoms with E-state index in [1.807, 2.05) is 0 Å². The Labute approximate surface area is 288 Å². The molecule has 0 spiro atoms. The number of unbranched alkanes of at least 4 members (excludes halogenated alkanes) is 24. The van der Waals surface area contributed by atoms with Gasteiger partial charge < -0.3 is 5.32 Å². The van der Waals surface area contributed by atoms with Crippen molar-refractivity contribution in [3.8, 4) is 0 Å². The molecule has 0 aliphatic carbocycles. The summed E-state index contributed by atoms with van der Waals surface area (Å²) in [6, 6.07) is 0. The lowest BCUT2D eigenvalue weighted by atomic mass is 9.75. The lowest BCUT2D eigenvalue weighted by molar-refractivity contribution is 0.124. The van der Waals surface area contributed by atoms with Gasteiger partial charge in [-0.2, -0.15) is 0 Å². The zero-order valence-corrected chi connectivity index (χ0v) is 33.0. The van der Waals surface area contributed by atoms with Crippen LogP contribution in [0.25, 0.3) is 0 Å². The van der Waals surface area contributed by atoms with E-state index in [4.69, 9.17) is 5.32 Å². The third kappa shape index (κ3) is 26.6. The first-order valence-corrected chi connectivity index (χ1v) is 21.9. The van der Waals surface area contributed by atoms with Crippen LogP contribution in [0.4, 0.5) is 0 Å². The third-order valence-electron chi connectivity index (χ3n) is 11.1. The maximum Gasteiger partial charge on any atom is 0.0186 e. The molecule has 0 atom stereocenters. The van der Waals surface area contributed by atoms with Crippen molar-refractivity contribution in [1.29, 1.82) is 0 Å². The molecule has 0 fully saturated rings. The molecule has 0 aliphatic rings. The molecule has 1 heteroatoms. The van der Waals surface area contributed by atoms with Crippen molar-refractivity contribution in [1.82, 2.24) is 5.32 Å². The Balaban J connectivity index is 6.10. The number of nitrogens with one attached hydrogen (secondary N) is 1. The van der Waals surface area contributed by atoms with Crippen LogP contribution in [0.1, 0.15) is 273 Å². The lowest BCUT2D eigenvalue weighted by Crippen LogP contribution is -2.58. The molecular formula is C44H91N. The van der Waals surface area contributed by atoms with Gasteiger partial charge >= 0.3 is 0 Å². The zero-order valence-electron chi connectivity index (χ0n) is 33.0. The summed E-state index contributed by atoms with van der Waals surface area (Å²) >= 11 is 0.